The minimum atomic E-state index is -2.69. The van der Waals surface area contributed by atoms with E-state index < -0.39 is 11.8 Å². The molecule has 0 saturated carbocycles. The lowest BCUT2D eigenvalue weighted by atomic mass is 9.92. The molecule has 0 spiro atoms. The van der Waals surface area contributed by atoms with Crippen molar-refractivity contribution < 1.29 is 13.6 Å². The summed E-state index contributed by atoms with van der Waals surface area (Å²) in [5.41, 5.74) is 5.26. The molecule has 1 saturated heterocycles. The molecule has 88 valence electrons. The Morgan fingerprint density at radius 2 is 2.27 bits per heavy atom. The number of halogens is 2. The number of piperidine rings is 1. The molecule has 0 aliphatic carbocycles. The minimum absolute atomic E-state index is 0.105. The number of rotatable bonds is 3. The number of hydrogen-bond donors (Lipinski definition) is 1. The first-order chi connectivity index (χ1) is 6.95. The SMILES string of the molecule is CC(F)(F)C1CCCN(C(=O)CCN)C1. The lowest BCUT2D eigenvalue weighted by Gasteiger charge is -2.35. The van der Waals surface area contributed by atoms with Crippen LogP contribution in [0.5, 0.6) is 0 Å². The summed E-state index contributed by atoms with van der Waals surface area (Å²) < 4.78 is 26.1. The van der Waals surface area contributed by atoms with E-state index >= 15 is 0 Å². The van der Waals surface area contributed by atoms with E-state index in [1.165, 1.54) is 4.90 Å². The Morgan fingerprint density at radius 1 is 1.60 bits per heavy atom. The van der Waals surface area contributed by atoms with E-state index in [0.29, 0.717) is 19.4 Å². The highest BCUT2D eigenvalue weighted by molar-refractivity contribution is 5.76. The van der Waals surface area contributed by atoms with Crippen LogP contribution in [0, 0.1) is 5.92 Å². The van der Waals surface area contributed by atoms with Crippen LogP contribution < -0.4 is 5.73 Å². The van der Waals surface area contributed by atoms with Crippen molar-refractivity contribution in [3.05, 3.63) is 0 Å². The largest absolute Gasteiger partial charge is 0.342 e. The highest BCUT2D eigenvalue weighted by Crippen LogP contribution is 2.31. The van der Waals surface area contributed by atoms with Gasteiger partial charge in [0.05, 0.1) is 0 Å². The topological polar surface area (TPSA) is 46.3 Å². The van der Waals surface area contributed by atoms with Gasteiger partial charge in [0.1, 0.15) is 0 Å². The summed E-state index contributed by atoms with van der Waals surface area (Å²) in [4.78, 5) is 13.0. The molecule has 0 aromatic carbocycles. The molecule has 1 unspecified atom stereocenters. The van der Waals surface area contributed by atoms with E-state index in [1.807, 2.05) is 0 Å². The molecule has 1 rings (SSSR count). The van der Waals surface area contributed by atoms with Crippen LogP contribution in [-0.2, 0) is 4.79 Å². The molecular weight excluding hydrogens is 202 g/mol. The number of likely N-dealkylation sites (tertiary alicyclic amines) is 1. The van der Waals surface area contributed by atoms with Crippen LogP contribution in [0.15, 0.2) is 0 Å². The maximum absolute atomic E-state index is 13.1. The van der Waals surface area contributed by atoms with Gasteiger partial charge < -0.3 is 10.6 Å². The zero-order valence-corrected chi connectivity index (χ0v) is 9.01. The highest BCUT2D eigenvalue weighted by Gasteiger charge is 2.37. The molecule has 3 nitrogen and oxygen atoms in total. The molecular formula is C10H18F2N2O. The van der Waals surface area contributed by atoms with Gasteiger partial charge in [0.2, 0.25) is 11.8 Å². The molecule has 0 aromatic rings. The molecule has 1 aliphatic heterocycles. The fraction of sp³-hybridized carbons (Fsp3) is 0.900. The lowest BCUT2D eigenvalue weighted by Crippen LogP contribution is -2.45. The lowest BCUT2D eigenvalue weighted by molar-refractivity contribution is -0.136. The van der Waals surface area contributed by atoms with Gasteiger partial charge in [-0.3, -0.25) is 4.79 Å². The number of carbonyl (C=O) groups is 1. The zero-order valence-electron chi connectivity index (χ0n) is 9.01. The molecule has 2 N–H and O–H groups in total. The second kappa shape index (κ2) is 4.88. The molecule has 5 heteroatoms. The van der Waals surface area contributed by atoms with Gasteiger partial charge in [-0.25, -0.2) is 8.78 Å². The molecule has 0 aromatic heterocycles. The van der Waals surface area contributed by atoms with Crippen LogP contribution in [0.25, 0.3) is 0 Å². The van der Waals surface area contributed by atoms with Crippen molar-refractivity contribution >= 4 is 5.91 Å². The molecule has 1 aliphatic rings. The molecule has 1 fully saturated rings. The van der Waals surface area contributed by atoms with E-state index in [4.69, 9.17) is 5.73 Å². The van der Waals surface area contributed by atoms with Gasteiger partial charge in [0, 0.05) is 32.0 Å². The van der Waals surface area contributed by atoms with E-state index in [1.54, 1.807) is 0 Å². The van der Waals surface area contributed by atoms with Crippen LogP contribution in [0.2, 0.25) is 0 Å². The van der Waals surface area contributed by atoms with Gasteiger partial charge >= 0.3 is 0 Å². The Labute approximate surface area is 88.6 Å². The first-order valence-electron chi connectivity index (χ1n) is 5.31. The number of hydrogen-bond acceptors (Lipinski definition) is 2. The summed E-state index contributed by atoms with van der Waals surface area (Å²) >= 11 is 0. The van der Waals surface area contributed by atoms with E-state index in [2.05, 4.69) is 0 Å². The summed E-state index contributed by atoms with van der Waals surface area (Å²) in [5.74, 6) is -3.50. The third-order valence-electron chi connectivity index (χ3n) is 2.85. The molecule has 1 heterocycles. The van der Waals surface area contributed by atoms with Crippen molar-refractivity contribution in [2.75, 3.05) is 19.6 Å². The second-order valence-electron chi connectivity index (χ2n) is 4.17. The summed E-state index contributed by atoms with van der Waals surface area (Å²) in [6.07, 6.45) is 1.41. The third kappa shape index (κ3) is 3.41. The van der Waals surface area contributed by atoms with Crippen molar-refractivity contribution in [2.24, 2.45) is 11.7 Å². The molecule has 1 atom stereocenters. The Morgan fingerprint density at radius 3 is 2.80 bits per heavy atom. The fourth-order valence-corrected chi connectivity index (χ4v) is 1.90. The van der Waals surface area contributed by atoms with Gasteiger partial charge in [0.25, 0.3) is 0 Å². The molecule has 0 bridgehead atoms. The average Bonchev–Trinajstić information content (AvgIpc) is 2.17. The van der Waals surface area contributed by atoms with Gasteiger partial charge in [-0.05, 0) is 19.8 Å². The number of nitrogens with zero attached hydrogens (tertiary/aromatic N) is 1. The summed E-state index contributed by atoms with van der Waals surface area (Å²) in [5, 5.41) is 0. The Bertz CT molecular complexity index is 228. The van der Waals surface area contributed by atoms with Crippen LogP contribution in [-0.4, -0.2) is 36.4 Å². The van der Waals surface area contributed by atoms with Gasteiger partial charge in [-0.2, -0.15) is 0 Å². The molecule has 15 heavy (non-hydrogen) atoms. The van der Waals surface area contributed by atoms with Crippen LogP contribution in [0.3, 0.4) is 0 Å². The van der Waals surface area contributed by atoms with Crippen molar-refractivity contribution in [1.82, 2.24) is 4.90 Å². The Balaban J connectivity index is 2.52. The van der Waals surface area contributed by atoms with Gasteiger partial charge in [-0.15, -0.1) is 0 Å². The maximum atomic E-state index is 13.1. The van der Waals surface area contributed by atoms with E-state index in [9.17, 15) is 13.6 Å². The zero-order chi connectivity index (χ0) is 11.5. The van der Waals surface area contributed by atoms with Crippen molar-refractivity contribution in [2.45, 2.75) is 32.1 Å². The Hall–Kier alpha value is -0.710. The maximum Gasteiger partial charge on any atom is 0.249 e. The number of carbonyl (C=O) groups excluding carboxylic acids is 1. The quantitative estimate of drug-likeness (QED) is 0.777. The second-order valence-corrected chi connectivity index (χ2v) is 4.17. The van der Waals surface area contributed by atoms with E-state index in [-0.39, 0.29) is 25.4 Å². The smallest absolute Gasteiger partial charge is 0.249 e. The predicted octanol–water partition coefficient (Wildman–Crippen LogP) is 1.23. The number of nitrogens with two attached hydrogens (primary N) is 1. The summed E-state index contributed by atoms with van der Waals surface area (Å²) in [7, 11) is 0. The standard InChI is InChI=1S/C10H18F2N2O/c1-10(11,12)8-3-2-6-14(7-8)9(15)4-5-13/h8H,2-7,13H2,1H3. The highest BCUT2D eigenvalue weighted by atomic mass is 19.3. The van der Waals surface area contributed by atoms with Crippen molar-refractivity contribution in [3.8, 4) is 0 Å². The average molecular weight is 220 g/mol. The van der Waals surface area contributed by atoms with Crippen molar-refractivity contribution in [3.63, 3.8) is 0 Å². The first-order valence-corrected chi connectivity index (χ1v) is 5.31. The molecule has 1 amide bonds. The third-order valence-corrected chi connectivity index (χ3v) is 2.85. The summed E-state index contributed by atoms with van der Waals surface area (Å²) in [6, 6.07) is 0. The fourth-order valence-electron chi connectivity index (χ4n) is 1.90. The predicted molar refractivity (Wildman–Crippen MR) is 53.6 cm³/mol. The van der Waals surface area contributed by atoms with Gasteiger partial charge in [0.15, 0.2) is 0 Å². The normalized spacial score (nSPS) is 22.9. The summed E-state index contributed by atoms with van der Waals surface area (Å²) in [6.45, 7) is 1.96. The van der Waals surface area contributed by atoms with Crippen LogP contribution in [0.4, 0.5) is 8.78 Å². The van der Waals surface area contributed by atoms with Gasteiger partial charge in [-0.1, -0.05) is 0 Å². The van der Waals surface area contributed by atoms with Crippen LogP contribution in [0.1, 0.15) is 26.2 Å². The van der Waals surface area contributed by atoms with Crippen LogP contribution >= 0.6 is 0 Å². The number of alkyl halides is 2. The first kappa shape index (κ1) is 12.4. The Kier molecular flexibility index (Phi) is 4.02. The molecule has 0 radical (unpaired) electrons. The monoisotopic (exact) mass is 220 g/mol. The van der Waals surface area contributed by atoms with Crippen molar-refractivity contribution in [1.29, 1.82) is 0 Å². The van der Waals surface area contributed by atoms with E-state index in [0.717, 1.165) is 6.92 Å². The number of amides is 1. The minimum Gasteiger partial charge on any atom is -0.342 e.